The molecule has 1 saturated carbocycles. The number of aryl methyl sites for hydroxylation is 2. The summed E-state index contributed by atoms with van der Waals surface area (Å²) in [7, 11) is 0. The highest BCUT2D eigenvalue weighted by molar-refractivity contribution is 5.40. The van der Waals surface area contributed by atoms with Crippen molar-refractivity contribution in [1.82, 2.24) is 5.16 Å². The lowest BCUT2D eigenvalue weighted by atomic mass is 9.82. The van der Waals surface area contributed by atoms with Gasteiger partial charge >= 0.3 is 0 Å². The third-order valence-corrected chi connectivity index (χ3v) is 4.30. The van der Waals surface area contributed by atoms with Crippen molar-refractivity contribution in [2.24, 2.45) is 0 Å². The quantitative estimate of drug-likeness (QED) is 0.912. The summed E-state index contributed by atoms with van der Waals surface area (Å²) in [6.07, 6.45) is 3.48. The Morgan fingerprint density at radius 2 is 2.00 bits per heavy atom. The molecule has 1 aliphatic rings. The van der Waals surface area contributed by atoms with Crippen molar-refractivity contribution in [3.63, 3.8) is 0 Å². The van der Waals surface area contributed by atoms with E-state index < -0.39 is 0 Å². The Bertz CT molecular complexity index is 609. The molecule has 0 spiro atoms. The van der Waals surface area contributed by atoms with Gasteiger partial charge in [-0.3, -0.25) is 0 Å². The van der Waals surface area contributed by atoms with E-state index in [1.165, 1.54) is 6.42 Å². The number of aliphatic hydroxyl groups is 1. The smallest absolute Gasteiger partial charge is 0.145 e. The van der Waals surface area contributed by atoms with Gasteiger partial charge in [-0.15, -0.1) is 0 Å². The van der Waals surface area contributed by atoms with Gasteiger partial charge in [0.25, 0.3) is 0 Å². The zero-order valence-corrected chi connectivity index (χ0v) is 12.6. The lowest BCUT2D eigenvalue weighted by Gasteiger charge is -2.23. The van der Waals surface area contributed by atoms with Gasteiger partial charge in [0.15, 0.2) is 0 Å². The third-order valence-electron chi connectivity index (χ3n) is 4.30. The molecule has 2 aromatic rings. The Hall–Kier alpha value is -1.81. The van der Waals surface area contributed by atoms with E-state index in [1.54, 1.807) is 0 Å². The summed E-state index contributed by atoms with van der Waals surface area (Å²) in [6, 6.07) is 6.07. The van der Waals surface area contributed by atoms with Gasteiger partial charge in [-0.1, -0.05) is 29.8 Å². The molecular formula is C17H21NO3. The number of rotatable bonds is 5. The summed E-state index contributed by atoms with van der Waals surface area (Å²) < 4.78 is 11.4. The summed E-state index contributed by atoms with van der Waals surface area (Å²) in [5.41, 5.74) is 3.72. The van der Waals surface area contributed by atoms with Crippen molar-refractivity contribution in [3.8, 4) is 5.75 Å². The normalized spacial score (nSPS) is 15.0. The van der Waals surface area contributed by atoms with Gasteiger partial charge in [0.2, 0.25) is 0 Å². The first kappa shape index (κ1) is 14.1. The molecule has 0 amide bonds. The van der Waals surface area contributed by atoms with E-state index in [1.807, 2.05) is 32.0 Å². The number of para-hydroxylation sites is 1. The maximum absolute atomic E-state index is 9.61. The Kier molecular flexibility index (Phi) is 3.97. The van der Waals surface area contributed by atoms with Gasteiger partial charge in [-0.05, 0) is 37.8 Å². The topological polar surface area (TPSA) is 55.5 Å². The van der Waals surface area contributed by atoms with Gasteiger partial charge < -0.3 is 14.4 Å². The van der Waals surface area contributed by atoms with E-state index in [2.05, 4.69) is 5.16 Å². The maximum Gasteiger partial charge on any atom is 0.145 e. The zero-order chi connectivity index (χ0) is 14.8. The zero-order valence-electron chi connectivity index (χ0n) is 12.6. The third kappa shape index (κ3) is 2.68. The van der Waals surface area contributed by atoms with E-state index in [0.29, 0.717) is 18.2 Å². The Morgan fingerprint density at radius 3 is 2.57 bits per heavy atom. The first-order chi connectivity index (χ1) is 10.2. The predicted molar refractivity (Wildman–Crippen MR) is 79.3 cm³/mol. The number of benzene rings is 1. The molecular weight excluding hydrogens is 266 g/mol. The second-order valence-electron chi connectivity index (χ2n) is 5.77. The standard InChI is InChI=1S/C17H21NO3/c1-11-5-3-6-12(2)16(11)20-10-15-14(9-19)17(21-18-15)13-7-4-8-13/h3,5-6,13,19H,4,7-10H2,1-2H3. The van der Waals surface area contributed by atoms with Crippen molar-refractivity contribution >= 4 is 0 Å². The van der Waals surface area contributed by atoms with Crippen molar-refractivity contribution in [3.05, 3.63) is 46.3 Å². The van der Waals surface area contributed by atoms with E-state index in [9.17, 15) is 5.11 Å². The van der Waals surface area contributed by atoms with Gasteiger partial charge in [-0.2, -0.15) is 0 Å². The molecule has 0 atom stereocenters. The number of hydrogen-bond acceptors (Lipinski definition) is 4. The van der Waals surface area contributed by atoms with E-state index in [0.717, 1.165) is 41.0 Å². The average Bonchev–Trinajstić information content (AvgIpc) is 2.79. The Morgan fingerprint density at radius 1 is 1.29 bits per heavy atom. The van der Waals surface area contributed by atoms with Crippen LogP contribution in [-0.4, -0.2) is 10.3 Å². The van der Waals surface area contributed by atoms with Crippen molar-refractivity contribution < 1.29 is 14.4 Å². The molecule has 112 valence electrons. The molecule has 0 radical (unpaired) electrons. The molecule has 0 bridgehead atoms. The minimum absolute atomic E-state index is 0.0409. The van der Waals surface area contributed by atoms with E-state index in [4.69, 9.17) is 9.26 Å². The lowest BCUT2D eigenvalue weighted by molar-refractivity contribution is 0.261. The lowest BCUT2D eigenvalue weighted by Crippen LogP contribution is -2.10. The van der Waals surface area contributed by atoms with Crippen molar-refractivity contribution in [1.29, 1.82) is 0 Å². The first-order valence-corrected chi connectivity index (χ1v) is 7.48. The molecule has 0 aliphatic heterocycles. The molecule has 0 saturated heterocycles. The van der Waals surface area contributed by atoms with Crippen LogP contribution in [-0.2, 0) is 13.2 Å². The molecule has 1 heterocycles. The molecule has 21 heavy (non-hydrogen) atoms. The van der Waals surface area contributed by atoms with Crippen LogP contribution >= 0.6 is 0 Å². The summed E-state index contributed by atoms with van der Waals surface area (Å²) in [4.78, 5) is 0. The summed E-state index contributed by atoms with van der Waals surface area (Å²) >= 11 is 0. The summed E-state index contributed by atoms with van der Waals surface area (Å²) in [6.45, 7) is 4.34. The van der Waals surface area contributed by atoms with E-state index >= 15 is 0 Å². The fourth-order valence-corrected chi connectivity index (χ4v) is 2.80. The van der Waals surface area contributed by atoms with Crippen molar-refractivity contribution in [2.75, 3.05) is 0 Å². The number of nitrogens with zero attached hydrogens (tertiary/aromatic N) is 1. The van der Waals surface area contributed by atoms with Crippen LogP contribution in [0.25, 0.3) is 0 Å². The van der Waals surface area contributed by atoms with Crippen LogP contribution in [0.3, 0.4) is 0 Å². The van der Waals surface area contributed by atoms with Crippen molar-refractivity contribution in [2.45, 2.75) is 52.2 Å². The maximum atomic E-state index is 9.61. The molecule has 1 aliphatic carbocycles. The van der Waals surface area contributed by atoms with Crippen LogP contribution in [0, 0.1) is 13.8 Å². The second kappa shape index (κ2) is 5.90. The molecule has 1 fully saturated rings. The van der Waals surface area contributed by atoms with Crippen LogP contribution in [0.15, 0.2) is 22.7 Å². The second-order valence-corrected chi connectivity index (χ2v) is 5.77. The molecule has 1 aromatic heterocycles. The molecule has 1 N–H and O–H groups in total. The minimum atomic E-state index is -0.0409. The fourth-order valence-electron chi connectivity index (χ4n) is 2.80. The predicted octanol–water partition coefficient (Wildman–Crippen LogP) is 3.63. The van der Waals surface area contributed by atoms with Gasteiger partial charge in [0.1, 0.15) is 23.8 Å². The summed E-state index contributed by atoms with van der Waals surface area (Å²) in [5.74, 6) is 2.16. The van der Waals surface area contributed by atoms with Crippen LogP contribution in [0.4, 0.5) is 0 Å². The SMILES string of the molecule is Cc1cccc(C)c1OCc1noc(C2CCC2)c1CO. The van der Waals surface area contributed by atoms with Crippen LogP contribution in [0.5, 0.6) is 5.75 Å². The van der Waals surface area contributed by atoms with Crippen LogP contribution < -0.4 is 4.74 Å². The molecule has 4 nitrogen and oxygen atoms in total. The van der Waals surface area contributed by atoms with Gasteiger partial charge in [-0.25, -0.2) is 0 Å². The number of aromatic nitrogens is 1. The average molecular weight is 287 g/mol. The monoisotopic (exact) mass is 287 g/mol. The molecule has 0 unspecified atom stereocenters. The number of aliphatic hydroxyl groups excluding tert-OH is 1. The van der Waals surface area contributed by atoms with E-state index in [-0.39, 0.29) is 6.61 Å². The molecule has 1 aromatic carbocycles. The first-order valence-electron chi connectivity index (χ1n) is 7.48. The van der Waals surface area contributed by atoms with Gasteiger partial charge in [0.05, 0.1) is 6.61 Å². The largest absolute Gasteiger partial charge is 0.487 e. The van der Waals surface area contributed by atoms with Crippen LogP contribution in [0.1, 0.15) is 53.3 Å². The Balaban J connectivity index is 1.77. The molecule has 3 rings (SSSR count). The Labute approximate surface area is 124 Å². The highest BCUT2D eigenvalue weighted by Crippen LogP contribution is 2.39. The number of ether oxygens (including phenoxy) is 1. The number of hydrogen-bond donors (Lipinski definition) is 1. The highest BCUT2D eigenvalue weighted by Gasteiger charge is 2.28. The fraction of sp³-hybridized carbons (Fsp3) is 0.471. The summed E-state index contributed by atoms with van der Waals surface area (Å²) in [5, 5.41) is 13.7. The minimum Gasteiger partial charge on any atom is -0.487 e. The molecule has 4 heteroatoms. The highest BCUT2D eigenvalue weighted by atomic mass is 16.5. The van der Waals surface area contributed by atoms with Crippen LogP contribution in [0.2, 0.25) is 0 Å². The van der Waals surface area contributed by atoms with Gasteiger partial charge in [0, 0.05) is 11.5 Å².